The lowest BCUT2D eigenvalue weighted by atomic mass is 10.1. The normalized spacial score (nSPS) is 10.0. The van der Waals surface area contributed by atoms with Crippen LogP contribution >= 0.6 is 11.6 Å². The Morgan fingerprint density at radius 1 is 1.00 bits per heavy atom. The number of Topliss-reactive ketones (excluding diaryl/α,β-unsaturated/α-hetero) is 1. The molecule has 2 aromatic carbocycles. The van der Waals surface area contributed by atoms with Crippen molar-refractivity contribution in [1.29, 1.82) is 0 Å². The molecule has 0 radical (unpaired) electrons. The molecular weight excluding hydrogens is 374 g/mol. The quantitative estimate of drug-likeness (QED) is 0.549. The van der Waals surface area contributed by atoms with Gasteiger partial charge in [0.2, 0.25) is 0 Å². The number of ether oxygens (including phenoxy) is 3. The molecule has 1 amide bonds. The number of nitrogens with one attached hydrogen (secondary N) is 1. The van der Waals surface area contributed by atoms with Crippen LogP contribution in [0.3, 0.4) is 0 Å². The fourth-order valence-electron chi connectivity index (χ4n) is 2.14. The van der Waals surface area contributed by atoms with Crippen LogP contribution in [0.15, 0.2) is 42.5 Å². The van der Waals surface area contributed by atoms with Crippen molar-refractivity contribution in [3.63, 3.8) is 0 Å². The summed E-state index contributed by atoms with van der Waals surface area (Å²) in [5, 5.41) is 2.70. The number of hydrogen-bond acceptors (Lipinski definition) is 6. The largest absolute Gasteiger partial charge is 0.497 e. The van der Waals surface area contributed by atoms with Crippen LogP contribution < -0.4 is 14.8 Å². The van der Waals surface area contributed by atoms with Crippen molar-refractivity contribution in [3.8, 4) is 11.5 Å². The first kappa shape index (κ1) is 20.3. The van der Waals surface area contributed by atoms with Crippen molar-refractivity contribution in [3.05, 3.63) is 58.6 Å². The molecule has 0 fully saturated rings. The van der Waals surface area contributed by atoms with Gasteiger partial charge in [0.25, 0.3) is 5.91 Å². The summed E-state index contributed by atoms with van der Waals surface area (Å²) >= 11 is 5.96. The number of amides is 1. The number of halogens is 1. The van der Waals surface area contributed by atoms with Crippen LogP contribution in [-0.2, 0) is 9.53 Å². The first-order valence-corrected chi connectivity index (χ1v) is 8.27. The van der Waals surface area contributed by atoms with E-state index in [1.165, 1.54) is 32.4 Å². The molecule has 0 spiro atoms. The maximum Gasteiger partial charge on any atom is 0.325 e. The van der Waals surface area contributed by atoms with Crippen LogP contribution in [0.2, 0.25) is 5.02 Å². The van der Waals surface area contributed by atoms with E-state index in [9.17, 15) is 14.4 Å². The number of esters is 1. The smallest absolute Gasteiger partial charge is 0.325 e. The Morgan fingerprint density at radius 3 is 2.44 bits per heavy atom. The summed E-state index contributed by atoms with van der Waals surface area (Å²) in [4.78, 5) is 35.8. The minimum Gasteiger partial charge on any atom is -0.497 e. The first-order chi connectivity index (χ1) is 12.9. The molecular formula is C19H18ClNO6. The van der Waals surface area contributed by atoms with Gasteiger partial charge < -0.3 is 19.5 Å². The predicted octanol–water partition coefficient (Wildman–Crippen LogP) is 2.51. The molecule has 0 bridgehead atoms. The molecule has 142 valence electrons. The Kier molecular flexibility index (Phi) is 7.19. The van der Waals surface area contributed by atoms with E-state index >= 15 is 0 Å². The van der Waals surface area contributed by atoms with E-state index in [1.54, 1.807) is 24.3 Å². The van der Waals surface area contributed by atoms with Crippen molar-refractivity contribution in [1.82, 2.24) is 5.32 Å². The molecule has 0 heterocycles. The van der Waals surface area contributed by atoms with Gasteiger partial charge in [-0.2, -0.15) is 0 Å². The highest BCUT2D eigenvalue weighted by atomic mass is 35.5. The Balaban J connectivity index is 1.82. The number of carbonyl (C=O) groups is 3. The van der Waals surface area contributed by atoms with Crippen LogP contribution in [-0.4, -0.2) is 45.0 Å². The third-order valence-corrected chi connectivity index (χ3v) is 3.86. The zero-order valence-electron chi connectivity index (χ0n) is 14.8. The third-order valence-electron chi connectivity index (χ3n) is 3.56. The van der Waals surface area contributed by atoms with E-state index in [0.717, 1.165) is 0 Å². The van der Waals surface area contributed by atoms with E-state index < -0.39 is 24.3 Å². The van der Waals surface area contributed by atoms with Gasteiger partial charge in [-0.05, 0) is 36.4 Å². The van der Waals surface area contributed by atoms with Gasteiger partial charge in [-0.1, -0.05) is 17.7 Å². The highest BCUT2D eigenvalue weighted by Crippen LogP contribution is 2.25. The first-order valence-electron chi connectivity index (χ1n) is 7.89. The van der Waals surface area contributed by atoms with E-state index in [4.69, 9.17) is 25.8 Å². The summed E-state index contributed by atoms with van der Waals surface area (Å²) in [7, 11) is 2.95. The molecule has 0 atom stereocenters. The maximum atomic E-state index is 12.1. The number of hydrogen-bond donors (Lipinski definition) is 1. The number of carbonyl (C=O) groups excluding carboxylic acids is 3. The topological polar surface area (TPSA) is 90.9 Å². The van der Waals surface area contributed by atoms with Crippen molar-refractivity contribution in [2.45, 2.75) is 0 Å². The van der Waals surface area contributed by atoms with Gasteiger partial charge in [-0.3, -0.25) is 14.4 Å². The Labute approximate surface area is 161 Å². The Morgan fingerprint density at radius 2 is 1.78 bits per heavy atom. The van der Waals surface area contributed by atoms with Crippen molar-refractivity contribution in [2.24, 2.45) is 0 Å². The molecule has 1 N–H and O–H groups in total. The second kappa shape index (κ2) is 9.59. The molecule has 0 saturated carbocycles. The van der Waals surface area contributed by atoms with E-state index in [0.29, 0.717) is 17.1 Å². The molecule has 0 aliphatic rings. The van der Waals surface area contributed by atoms with Crippen LogP contribution in [0.5, 0.6) is 11.5 Å². The molecule has 0 aliphatic heterocycles. The summed E-state index contributed by atoms with van der Waals surface area (Å²) in [6.45, 7) is -0.830. The number of ketones is 1. The predicted molar refractivity (Wildman–Crippen MR) is 98.6 cm³/mol. The second-order valence-electron chi connectivity index (χ2n) is 5.35. The summed E-state index contributed by atoms with van der Waals surface area (Å²) in [6, 6.07) is 11.0. The fraction of sp³-hybridized carbons (Fsp3) is 0.211. The summed E-state index contributed by atoms with van der Waals surface area (Å²) < 4.78 is 14.9. The van der Waals surface area contributed by atoms with Gasteiger partial charge in [-0.15, -0.1) is 0 Å². The average molecular weight is 392 g/mol. The van der Waals surface area contributed by atoms with Crippen LogP contribution in [0.4, 0.5) is 0 Å². The molecule has 2 rings (SSSR count). The minimum absolute atomic E-state index is 0.278. The van der Waals surface area contributed by atoms with Crippen molar-refractivity contribution >= 4 is 29.3 Å². The fourth-order valence-corrected chi connectivity index (χ4v) is 2.40. The van der Waals surface area contributed by atoms with Gasteiger partial charge >= 0.3 is 5.97 Å². The highest BCUT2D eigenvalue weighted by Gasteiger charge is 2.14. The molecule has 0 unspecified atom stereocenters. The molecule has 2 aromatic rings. The summed E-state index contributed by atoms with van der Waals surface area (Å²) in [5.74, 6) is -0.662. The minimum atomic E-state index is -0.737. The molecule has 27 heavy (non-hydrogen) atoms. The lowest BCUT2D eigenvalue weighted by Crippen LogP contribution is -2.31. The molecule has 0 aromatic heterocycles. The van der Waals surface area contributed by atoms with E-state index in [-0.39, 0.29) is 17.1 Å². The molecule has 8 heteroatoms. The monoisotopic (exact) mass is 391 g/mol. The van der Waals surface area contributed by atoms with Gasteiger partial charge in [0.1, 0.15) is 18.0 Å². The Bertz CT molecular complexity index is 852. The van der Waals surface area contributed by atoms with Gasteiger partial charge in [0.05, 0.1) is 19.2 Å². The van der Waals surface area contributed by atoms with Gasteiger partial charge in [0.15, 0.2) is 12.4 Å². The second-order valence-corrected chi connectivity index (χ2v) is 5.76. The number of methoxy groups -OCH3 is 2. The SMILES string of the molecule is COc1cccc(C(=O)NCC(=O)OCC(=O)c2ccc(OC)c(Cl)c2)c1. The number of rotatable bonds is 8. The lowest BCUT2D eigenvalue weighted by Gasteiger charge is -2.08. The maximum absolute atomic E-state index is 12.1. The van der Waals surface area contributed by atoms with Gasteiger partial charge in [-0.25, -0.2) is 0 Å². The lowest BCUT2D eigenvalue weighted by molar-refractivity contribution is -0.141. The van der Waals surface area contributed by atoms with Crippen LogP contribution in [0, 0.1) is 0 Å². The molecule has 7 nitrogen and oxygen atoms in total. The average Bonchev–Trinajstić information content (AvgIpc) is 2.70. The van der Waals surface area contributed by atoms with Crippen molar-refractivity contribution in [2.75, 3.05) is 27.4 Å². The summed E-state index contributed by atoms with van der Waals surface area (Å²) in [5.41, 5.74) is 0.625. The highest BCUT2D eigenvalue weighted by molar-refractivity contribution is 6.32. The molecule has 0 saturated heterocycles. The molecule has 0 aliphatic carbocycles. The number of benzene rings is 2. The standard InChI is InChI=1S/C19H18ClNO6/c1-25-14-5-3-4-13(8-14)19(24)21-10-18(23)27-11-16(22)12-6-7-17(26-2)15(20)9-12/h3-9H,10-11H2,1-2H3,(H,21,24). The summed E-state index contributed by atoms with van der Waals surface area (Å²) in [6.07, 6.45) is 0. The van der Waals surface area contributed by atoms with Gasteiger partial charge in [0, 0.05) is 11.1 Å². The zero-order valence-corrected chi connectivity index (χ0v) is 15.5. The van der Waals surface area contributed by atoms with Crippen molar-refractivity contribution < 1.29 is 28.6 Å². The van der Waals surface area contributed by atoms with E-state index in [2.05, 4.69) is 5.32 Å². The van der Waals surface area contributed by atoms with E-state index in [1.807, 2.05) is 0 Å². The third kappa shape index (κ3) is 5.72. The Hall–Kier alpha value is -3.06. The van der Waals surface area contributed by atoms with Crippen LogP contribution in [0.1, 0.15) is 20.7 Å². The zero-order chi connectivity index (χ0) is 19.8. The van der Waals surface area contributed by atoms with Crippen LogP contribution in [0.25, 0.3) is 0 Å².